The van der Waals surface area contributed by atoms with Crippen LogP contribution in [0.4, 0.5) is 5.82 Å². The number of pyridine rings is 1. The molecule has 1 N–H and O–H groups in total. The Morgan fingerprint density at radius 3 is 2.61 bits per heavy atom. The molecule has 0 radical (unpaired) electrons. The lowest BCUT2D eigenvalue weighted by atomic mass is 10.1. The second kappa shape index (κ2) is 7.24. The summed E-state index contributed by atoms with van der Waals surface area (Å²) in [6.45, 7) is 4.81. The van der Waals surface area contributed by atoms with E-state index in [1.165, 1.54) is 0 Å². The van der Waals surface area contributed by atoms with Gasteiger partial charge in [0.05, 0.1) is 15.8 Å². The van der Waals surface area contributed by atoms with Crippen molar-refractivity contribution in [3.05, 3.63) is 60.2 Å². The summed E-state index contributed by atoms with van der Waals surface area (Å²) < 4.78 is 30.1. The van der Waals surface area contributed by atoms with Gasteiger partial charge in [0.25, 0.3) is 10.0 Å². The van der Waals surface area contributed by atoms with Gasteiger partial charge in [-0.1, -0.05) is 49.7 Å². The Morgan fingerprint density at radius 2 is 1.86 bits per heavy atom. The third kappa shape index (κ3) is 3.33. The smallest absolute Gasteiger partial charge is 0.261 e. The second-order valence-electron chi connectivity index (χ2n) is 6.85. The molecular weight excluding hydrogens is 372 g/mol. The van der Waals surface area contributed by atoms with Crippen LogP contribution < -0.4 is 4.72 Å². The van der Waals surface area contributed by atoms with E-state index >= 15 is 0 Å². The first kappa shape index (κ1) is 18.4. The Labute approximate surface area is 164 Å². The van der Waals surface area contributed by atoms with Gasteiger partial charge >= 0.3 is 0 Å². The lowest BCUT2D eigenvalue weighted by molar-refractivity contribution is 0.584. The van der Waals surface area contributed by atoms with Crippen molar-refractivity contribution in [3.8, 4) is 0 Å². The van der Waals surface area contributed by atoms with Crippen LogP contribution in [-0.4, -0.2) is 23.2 Å². The number of hydrogen-bond acceptors (Lipinski definition) is 4. The summed E-state index contributed by atoms with van der Waals surface area (Å²) >= 11 is 0. The van der Waals surface area contributed by atoms with Crippen LogP contribution in [0.5, 0.6) is 0 Å². The lowest BCUT2D eigenvalue weighted by Crippen LogP contribution is -2.13. The van der Waals surface area contributed by atoms with E-state index in [0.29, 0.717) is 23.4 Å². The van der Waals surface area contributed by atoms with Gasteiger partial charge in [-0.2, -0.15) is 5.10 Å². The van der Waals surface area contributed by atoms with Crippen LogP contribution in [0.3, 0.4) is 0 Å². The molecule has 0 saturated heterocycles. The molecule has 0 aliphatic rings. The number of aryl methyl sites for hydroxylation is 2. The minimum Gasteiger partial charge on any atom is -0.261 e. The van der Waals surface area contributed by atoms with Gasteiger partial charge in [-0.25, -0.2) is 18.1 Å². The Hall–Kier alpha value is -2.93. The average Bonchev–Trinajstić information content (AvgIpc) is 3.02. The van der Waals surface area contributed by atoms with Gasteiger partial charge in [0.1, 0.15) is 0 Å². The van der Waals surface area contributed by atoms with Gasteiger partial charge in [0, 0.05) is 11.9 Å². The molecule has 0 unspecified atom stereocenters. The van der Waals surface area contributed by atoms with Crippen molar-refractivity contribution in [1.82, 2.24) is 14.8 Å². The van der Waals surface area contributed by atoms with Crippen LogP contribution in [0.15, 0.2) is 59.5 Å². The van der Waals surface area contributed by atoms with Crippen LogP contribution in [0.25, 0.3) is 21.9 Å². The number of nitrogens with one attached hydrogen (secondary N) is 1. The summed E-state index contributed by atoms with van der Waals surface area (Å²) in [5.41, 5.74) is 2.68. The largest absolute Gasteiger partial charge is 0.263 e. The fourth-order valence-electron chi connectivity index (χ4n) is 3.26. The number of para-hydroxylation sites is 1. The number of anilines is 1. The molecule has 6 nitrogen and oxygen atoms in total. The van der Waals surface area contributed by atoms with Gasteiger partial charge in [-0.15, -0.1) is 0 Å². The van der Waals surface area contributed by atoms with Gasteiger partial charge in [-0.05, 0) is 37.1 Å². The molecule has 144 valence electrons. The summed E-state index contributed by atoms with van der Waals surface area (Å²) in [5, 5.41) is 6.22. The Kier molecular flexibility index (Phi) is 4.77. The molecule has 0 amide bonds. The number of rotatable bonds is 6. The Morgan fingerprint density at radius 1 is 1.07 bits per heavy atom. The Balaban J connectivity index is 1.88. The van der Waals surface area contributed by atoms with E-state index in [2.05, 4.69) is 16.7 Å². The molecular formula is C21H22N4O2S. The third-order valence-corrected chi connectivity index (χ3v) is 6.11. The quantitative estimate of drug-likeness (QED) is 0.523. The Bertz CT molecular complexity index is 1250. The SMILES string of the molecule is CCCCn1nc(NS(=O)(=O)c2ccccc2)c2cc3cccc(C)c3nc21. The standard InChI is InChI=1S/C21H22N4O2S/c1-3-4-13-25-21-18(14-16-10-8-9-15(2)19(16)22-21)20(23-25)24-28(26,27)17-11-6-5-7-12-17/h5-12,14H,3-4,13H2,1-2H3,(H,23,24). The van der Waals surface area contributed by atoms with E-state index in [4.69, 9.17) is 4.98 Å². The molecule has 0 aliphatic carbocycles. The average molecular weight is 395 g/mol. The fraction of sp³-hybridized carbons (Fsp3) is 0.238. The van der Waals surface area contributed by atoms with E-state index in [-0.39, 0.29) is 4.90 Å². The third-order valence-electron chi connectivity index (χ3n) is 4.76. The van der Waals surface area contributed by atoms with Gasteiger partial charge in [0.2, 0.25) is 0 Å². The highest BCUT2D eigenvalue weighted by atomic mass is 32.2. The molecule has 0 atom stereocenters. The predicted molar refractivity (Wildman–Crippen MR) is 112 cm³/mol. The van der Waals surface area contributed by atoms with Crippen molar-refractivity contribution in [3.63, 3.8) is 0 Å². The molecule has 7 heteroatoms. The van der Waals surface area contributed by atoms with E-state index in [1.54, 1.807) is 35.0 Å². The molecule has 28 heavy (non-hydrogen) atoms. The zero-order chi connectivity index (χ0) is 19.7. The van der Waals surface area contributed by atoms with Crippen molar-refractivity contribution in [2.24, 2.45) is 0 Å². The van der Waals surface area contributed by atoms with Crippen molar-refractivity contribution in [1.29, 1.82) is 0 Å². The molecule has 4 aromatic rings. The van der Waals surface area contributed by atoms with Gasteiger partial charge in [-0.3, -0.25) is 4.72 Å². The second-order valence-corrected chi connectivity index (χ2v) is 8.53. The van der Waals surface area contributed by atoms with E-state index in [0.717, 1.165) is 29.3 Å². The fourth-order valence-corrected chi connectivity index (χ4v) is 4.29. The highest BCUT2D eigenvalue weighted by Gasteiger charge is 2.20. The molecule has 0 aliphatic heterocycles. The zero-order valence-electron chi connectivity index (χ0n) is 15.9. The highest BCUT2D eigenvalue weighted by Crippen LogP contribution is 2.29. The van der Waals surface area contributed by atoms with Crippen LogP contribution >= 0.6 is 0 Å². The van der Waals surface area contributed by atoms with Crippen molar-refractivity contribution in [2.45, 2.75) is 38.1 Å². The number of benzene rings is 2. The summed E-state index contributed by atoms with van der Waals surface area (Å²) in [6, 6.07) is 16.2. The molecule has 2 aromatic heterocycles. The molecule has 0 saturated carbocycles. The molecule has 0 spiro atoms. The van der Waals surface area contributed by atoms with Gasteiger partial charge in [0.15, 0.2) is 11.5 Å². The van der Waals surface area contributed by atoms with E-state index in [9.17, 15) is 8.42 Å². The number of sulfonamides is 1. The maximum atomic E-state index is 12.8. The lowest BCUT2D eigenvalue weighted by Gasteiger charge is -2.06. The normalized spacial score (nSPS) is 11.9. The number of aromatic nitrogens is 3. The number of fused-ring (bicyclic) bond motifs is 2. The first-order valence-electron chi connectivity index (χ1n) is 9.34. The summed E-state index contributed by atoms with van der Waals surface area (Å²) in [6.07, 6.45) is 1.95. The molecule has 0 fully saturated rings. The highest BCUT2D eigenvalue weighted by molar-refractivity contribution is 7.92. The minimum atomic E-state index is -3.73. The molecule has 0 bridgehead atoms. The number of unbranched alkanes of at least 4 members (excludes halogenated alkanes) is 1. The topological polar surface area (TPSA) is 76.9 Å². The van der Waals surface area contributed by atoms with E-state index < -0.39 is 10.0 Å². The van der Waals surface area contributed by atoms with Crippen molar-refractivity contribution in [2.75, 3.05) is 4.72 Å². The summed E-state index contributed by atoms with van der Waals surface area (Å²) in [7, 11) is -3.73. The van der Waals surface area contributed by atoms with Crippen molar-refractivity contribution < 1.29 is 8.42 Å². The molecule has 2 heterocycles. The zero-order valence-corrected chi connectivity index (χ0v) is 16.7. The summed E-state index contributed by atoms with van der Waals surface area (Å²) in [4.78, 5) is 5.02. The van der Waals surface area contributed by atoms with Crippen LogP contribution in [0, 0.1) is 6.92 Å². The first-order valence-corrected chi connectivity index (χ1v) is 10.8. The monoisotopic (exact) mass is 394 g/mol. The summed E-state index contributed by atoms with van der Waals surface area (Å²) in [5.74, 6) is 0.311. The number of hydrogen-bond donors (Lipinski definition) is 1. The van der Waals surface area contributed by atoms with E-state index in [1.807, 2.05) is 31.2 Å². The maximum Gasteiger partial charge on any atom is 0.263 e. The number of nitrogens with zero attached hydrogens (tertiary/aromatic N) is 3. The van der Waals surface area contributed by atoms with Crippen molar-refractivity contribution >= 4 is 37.8 Å². The minimum absolute atomic E-state index is 0.204. The van der Waals surface area contributed by atoms with Gasteiger partial charge < -0.3 is 0 Å². The maximum absolute atomic E-state index is 12.8. The van der Waals surface area contributed by atoms with Crippen LogP contribution in [-0.2, 0) is 16.6 Å². The van der Waals surface area contributed by atoms with Crippen LogP contribution in [0.1, 0.15) is 25.3 Å². The molecule has 2 aromatic carbocycles. The molecule has 4 rings (SSSR count). The van der Waals surface area contributed by atoms with Crippen LogP contribution in [0.2, 0.25) is 0 Å². The predicted octanol–water partition coefficient (Wildman–Crippen LogP) is 4.49. The first-order chi connectivity index (χ1) is 13.5.